The number of hydrogen-bond donors (Lipinski definition) is 1. The van der Waals surface area contributed by atoms with E-state index in [0.717, 1.165) is 50.1 Å². The van der Waals surface area contributed by atoms with Crippen LogP contribution in [0.3, 0.4) is 0 Å². The van der Waals surface area contributed by atoms with E-state index in [0.29, 0.717) is 17.9 Å². The Morgan fingerprint density at radius 3 is 2.70 bits per heavy atom. The molecule has 1 unspecified atom stereocenters. The number of carbonyl (C=O) groups is 1. The van der Waals surface area contributed by atoms with Crippen LogP contribution in [0.5, 0.6) is 0 Å². The molecule has 1 atom stereocenters. The smallest absolute Gasteiger partial charge is 0.322 e. The lowest BCUT2D eigenvalue weighted by Gasteiger charge is -2.34. The summed E-state index contributed by atoms with van der Waals surface area (Å²) in [4.78, 5) is 17.4. The normalized spacial score (nSPS) is 19.5. The number of likely N-dealkylation sites (tertiary alicyclic amines) is 1. The number of rotatable bonds is 5. The van der Waals surface area contributed by atoms with Gasteiger partial charge in [-0.05, 0) is 61.6 Å². The van der Waals surface area contributed by atoms with E-state index in [1.54, 1.807) is 23.1 Å². The minimum atomic E-state index is -3.24. The van der Waals surface area contributed by atoms with Crippen molar-refractivity contribution in [2.75, 3.05) is 37.3 Å². The Morgan fingerprint density at radius 2 is 1.93 bits per heavy atom. The van der Waals surface area contributed by atoms with Gasteiger partial charge in [-0.3, -0.25) is 4.90 Å². The second kappa shape index (κ2) is 8.78. The first-order valence-corrected chi connectivity index (χ1v) is 12.5. The SMILES string of the molecule is CS(=O)(=O)c1ccc2c(c1)CCN2C(=O)NC1CCCN(CCc2ccccc2)C1. The van der Waals surface area contributed by atoms with Gasteiger partial charge in [-0.15, -0.1) is 0 Å². The van der Waals surface area contributed by atoms with Crippen LogP contribution in [0.25, 0.3) is 0 Å². The summed E-state index contributed by atoms with van der Waals surface area (Å²) in [6.07, 6.45) is 4.97. The molecule has 0 radical (unpaired) electrons. The molecule has 2 aromatic carbocycles. The fourth-order valence-corrected chi connectivity index (χ4v) is 5.05. The molecular formula is C23H29N3O3S. The maximum atomic E-state index is 12.9. The zero-order chi connectivity index (χ0) is 21.1. The highest BCUT2D eigenvalue weighted by Crippen LogP contribution is 2.30. The zero-order valence-corrected chi connectivity index (χ0v) is 18.2. The highest BCUT2D eigenvalue weighted by molar-refractivity contribution is 7.90. The second-order valence-corrected chi connectivity index (χ2v) is 10.3. The maximum absolute atomic E-state index is 12.9. The average molecular weight is 428 g/mol. The number of sulfone groups is 1. The standard InChI is InChI=1S/C23H29N3O3S/c1-30(28,29)21-9-10-22-19(16-21)12-15-26(22)23(27)24-20-8-5-13-25(17-20)14-11-18-6-3-2-4-7-18/h2-4,6-7,9-10,16,20H,5,8,11-15,17H2,1H3,(H,24,27). The van der Waals surface area contributed by atoms with E-state index in [4.69, 9.17) is 0 Å². The number of urea groups is 1. The van der Waals surface area contributed by atoms with Gasteiger partial charge in [-0.2, -0.15) is 0 Å². The van der Waals surface area contributed by atoms with Crippen molar-refractivity contribution in [2.24, 2.45) is 0 Å². The van der Waals surface area contributed by atoms with Crippen LogP contribution in [0.15, 0.2) is 53.4 Å². The van der Waals surface area contributed by atoms with E-state index in [2.05, 4.69) is 34.5 Å². The molecule has 7 heteroatoms. The number of fused-ring (bicyclic) bond motifs is 1. The largest absolute Gasteiger partial charge is 0.334 e. The third-order valence-corrected chi connectivity index (χ3v) is 7.12. The minimum Gasteiger partial charge on any atom is -0.334 e. The van der Waals surface area contributed by atoms with Crippen molar-refractivity contribution in [2.45, 2.75) is 36.6 Å². The summed E-state index contributed by atoms with van der Waals surface area (Å²) >= 11 is 0. The summed E-state index contributed by atoms with van der Waals surface area (Å²) in [5.41, 5.74) is 3.07. The summed E-state index contributed by atoms with van der Waals surface area (Å²) in [5, 5.41) is 3.20. The maximum Gasteiger partial charge on any atom is 0.322 e. The molecule has 6 nitrogen and oxygen atoms in total. The van der Waals surface area contributed by atoms with Crippen LogP contribution in [0, 0.1) is 0 Å². The first kappa shape index (κ1) is 20.9. The van der Waals surface area contributed by atoms with Crippen LogP contribution in [0.2, 0.25) is 0 Å². The lowest BCUT2D eigenvalue weighted by Crippen LogP contribution is -2.51. The Labute approximate surface area is 178 Å². The van der Waals surface area contributed by atoms with Crippen molar-refractivity contribution in [3.8, 4) is 0 Å². The summed E-state index contributed by atoms with van der Waals surface area (Å²) in [5.74, 6) is 0. The molecule has 0 saturated carbocycles. The van der Waals surface area contributed by atoms with Crippen LogP contribution in [-0.4, -0.2) is 57.8 Å². The highest BCUT2D eigenvalue weighted by Gasteiger charge is 2.28. The van der Waals surface area contributed by atoms with E-state index >= 15 is 0 Å². The number of amides is 2. The zero-order valence-electron chi connectivity index (χ0n) is 17.4. The minimum absolute atomic E-state index is 0.0873. The average Bonchev–Trinajstić information content (AvgIpc) is 3.16. The van der Waals surface area contributed by atoms with Gasteiger partial charge in [0.15, 0.2) is 9.84 Å². The first-order valence-electron chi connectivity index (χ1n) is 10.6. The Morgan fingerprint density at radius 1 is 1.13 bits per heavy atom. The molecule has 160 valence electrons. The van der Waals surface area contributed by atoms with Crippen molar-refractivity contribution in [1.29, 1.82) is 0 Å². The van der Waals surface area contributed by atoms with Crippen LogP contribution >= 0.6 is 0 Å². The fourth-order valence-electron chi connectivity index (χ4n) is 4.38. The van der Waals surface area contributed by atoms with Gasteiger partial charge >= 0.3 is 6.03 Å². The molecule has 1 saturated heterocycles. The third kappa shape index (κ3) is 4.84. The second-order valence-electron chi connectivity index (χ2n) is 8.29. The molecule has 0 spiro atoms. The number of nitrogens with zero attached hydrogens (tertiary/aromatic N) is 2. The van der Waals surface area contributed by atoms with E-state index in [-0.39, 0.29) is 12.1 Å². The Balaban J connectivity index is 1.34. The summed E-state index contributed by atoms with van der Waals surface area (Å²) < 4.78 is 23.6. The number of carbonyl (C=O) groups excluding carboxylic acids is 1. The monoisotopic (exact) mass is 427 g/mol. The van der Waals surface area contributed by atoms with Gasteiger partial charge in [-0.25, -0.2) is 13.2 Å². The molecule has 0 bridgehead atoms. The van der Waals surface area contributed by atoms with Crippen LogP contribution in [-0.2, 0) is 22.7 Å². The molecule has 0 aromatic heterocycles. The molecule has 4 rings (SSSR count). The van der Waals surface area contributed by atoms with Crippen LogP contribution in [0.4, 0.5) is 10.5 Å². The van der Waals surface area contributed by atoms with E-state index < -0.39 is 9.84 Å². The van der Waals surface area contributed by atoms with Crippen molar-refractivity contribution < 1.29 is 13.2 Å². The number of hydrogen-bond acceptors (Lipinski definition) is 4. The molecule has 2 aliphatic heterocycles. The van der Waals surface area contributed by atoms with Gasteiger partial charge in [-0.1, -0.05) is 30.3 Å². The number of nitrogens with one attached hydrogen (secondary N) is 1. The highest BCUT2D eigenvalue weighted by atomic mass is 32.2. The molecule has 0 aliphatic carbocycles. The quantitative estimate of drug-likeness (QED) is 0.797. The third-order valence-electron chi connectivity index (χ3n) is 6.01. The van der Waals surface area contributed by atoms with Gasteiger partial charge in [0.25, 0.3) is 0 Å². The Hall–Kier alpha value is -2.38. The molecule has 2 aromatic rings. The predicted molar refractivity (Wildman–Crippen MR) is 119 cm³/mol. The van der Waals surface area contributed by atoms with Gasteiger partial charge in [0.05, 0.1) is 4.90 Å². The molecule has 2 heterocycles. The van der Waals surface area contributed by atoms with E-state index in [1.165, 1.54) is 11.8 Å². The lowest BCUT2D eigenvalue weighted by molar-refractivity contribution is 0.189. The van der Waals surface area contributed by atoms with Gasteiger partial charge in [0.2, 0.25) is 0 Å². The topological polar surface area (TPSA) is 69.7 Å². The molecule has 1 fully saturated rings. The molecule has 2 aliphatic rings. The van der Waals surface area contributed by atoms with Crippen molar-refractivity contribution >= 4 is 21.6 Å². The van der Waals surface area contributed by atoms with Crippen molar-refractivity contribution in [3.63, 3.8) is 0 Å². The van der Waals surface area contributed by atoms with Crippen molar-refractivity contribution in [1.82, 2.24) is 10.2 Å². The summed E-state index contributed by atoms with van der Waals surface area (Å²) in [6.45, 7) is 3.52. The molecule has 30 heavy (non-hydrogen) atoms. The first-order chi connectivity index (χ1) is 14.4. The van der Waals surface area contributed by atoms with Crippen molar-refractivity contribution in [3.05, 3.63) is 59.7 Å². The fraction of sp³-hybridized carbons (Fsp3) is 0.435. The van der Waals surface area contributed by atoms with E-state index in [1.807, 2.05) is 6.07 Å². The van der Waals surface area contributed by atoms with Crippen LogP contribution < -0.4 is 10.2 Å². The Bertz CT molecular complexity index is 1010. The van der Waals surface area contributed by atoms with Gasteiger partial charge in [0.1, 0.15) is 0 Å². The predicted octanol–water partition coefficient (Wildman–Crippen LogP) is 2.87. The lowest BCUT2D eigenvalue weighted by atomic mass is 10.0. The molecule has 1 N–H and O–H groups in total. The molecular weight excluding hydrogens is 398 g/mol. The Kier molecular flexibility index (Phi) is 6.11. The number of anilines is 1. The van der Waals surface area contributed by atoms with Gasteiger partial charge < -0.3 is 10.2 Å². The van der Waals surface area contributed by atoms with Crippen LogP contribution in [0.1, 0.15) is 24.0 Å². The van der Waals surface area contributed by atoms with E-state index in [9.17, 15) is 13.2 Å². The number of benzene rings is 2. The number of piperidine rings is 1. The molecule has 2 amide bonds. The summed E-state index contributed by atoms with van der Waals surface area (Å²) in [7, 11) is -3.24. The summed E-state index contributed by atoms with van der Waals surface area (Å²) in [6, 6.07) is 15.6. The van der Waals surface area contributed by atoms with Gasteiger partial charge in [0, 0.05) is 37.6 Å².